The fraction of sp³-hybridized carbons (Fsp3) is 0.167. The Morgan fingerprint density at radius 1 is 1.56 bits per heavy atom. The van der Waals surface area contributed by atoms with Gasteiger partial charge in [0, 0.05) is 26.6 Å². The lowest BCUT2D eigenvalue weighted by atomic mass is 10.1. The van der Waals surface area contributed by atoms with Gasteiger partial charge in [0.1, 0.15) is 0 Å². The van der Waals surface area contributed by atoms with Crippen molar-refractivity contribution in [2.75, 3.05) is 0 Å². The second kappa shape index (κ2) is 4.11. The minimum absolute atomic E-state index is 0.0830. The number of aromatic nitrogens is 1. The number of hydrogen-bond acceptors (Lipinski definition) is 2. The van der Waals surface area contributed by atoms with Crippen LogP contribution >= 0.6 is 15.9 Å². The van der Waals surface area contributed by atoms with Crippen LogP contribution in [-0.4, -0.2) is 10.8 Å². The van der Waals surface area contributed by atoms with Crippen LogP contribution in [0.3, 0.4) is 0 Å². The Kier molecular flexibility index (Phi) is 2.80. The Hall–Kier alpha value is -1.60. The quantitative estimate of drug-likeness (QED) is 0.856. The summed E-state index contributed by atoms with van der Waals surface area (Å²) < 4.78 is 0.921. The van der Waals surface area contributed by atoms with E-state index in [2.05, 4.69) is 20.9 Å². The highest BCUT2D eigenvalue weighted by atomic mass is 79.9. The summed E-state index contributed by atoms with van der Waals surface area (Å²) in [6.45, 7) is 1.85. The van der Waals surface area contributed by atoms with Crippen molar-refractivity contribution >= 4 is 32.6 Å². The molecule has 4 heteroatoms. The number of hydrogen-bond donors (Lipinski definition) is 1. The van der Waals surface area contributed by atoms with Crippen molar-refractivity contribution in [1.82, 2.24) is 4.98 Å². The summed E-state index contributed by atoms with van der Waals surface area (Å²) in [7, 11) is 0. The van der Waals surface area contributed by atoms with E-state index in [4.69, 9.17) is 5.26 Å². The van der Waals surface area contributed by atoms with E-state index in [0.717, 1.165) is 21.1 Å². The van der Waals surface area contributed by atoms with Crippen molar-refractivity contribution in [3.8, 4) is 6.07 Å². The number of Topliss-reactive ketones (excluding diaryl/α,β-unsaturated/α-hetero) is 1. The predicted octanol–water partition coefficient (Wildman–Crippen LogP) is 3.34. The Labute approximate surface area is 101 Å². The number of ketones is 1. The van der Waals surface area contributed by atoms with Gasteiger partial charge in [0.25, 0.3) is 0 Å². The van der Waals surface area contributed by atoms with Gasteiger partial charge in [-0.15, -0.1) is 0 Å². The molecule has 0 fully saturated rings. The summed E-state index contributed by atoms with van der Waals surface area (Å²) in [5, 5.41) is 9.43. The van der Waals surface area contributed by atoms with Crippen molar-refractivity contribution in [3.63, 3.8) is 0 Å². The Balaban J connectivity index is 2.68. The molecule has 1 aromatic carbocycles. The molecule has 1 N–H and O–H groups in total. The lowest BCUT2D eigenvalue weighted by Gasteiger charge is -1.96. The number of nitrogens with one attached hydrogen (secondary N) is 1. The van der Waals surface area contributed by atoms with Crippen LogP contribution in [0.2, 0.25) is 0 Å². The number of aromatic amines is 1. The highest BCUT2D eigenvalue weighted by Crippen LogP contribution is 2.26. The summed E-state index contributed by atoms with van der Waals surface area (Å²) in [6.07, 6.45) is -0.0830. The van der Waals surface area contributed by atoms with Gasteiger partial charge in [-0.1, -0.05) is 15.9 Å². The molecule has 0 spiro atoms. The second-order valence-corrected chi connectivity index (χ2v) is 4.49. The predicted molar refractivity (Wildman–Crippen MR) is 65.3 cm³/mol. The van der Waals surface area contributed by atoms with Crippen LogP contribution in [0, 0.1) is 18.3 Å². The number of halogens is 1. The summed E-state index contributed by atoms with van der Waals surface area (Å²) in [5.41, 5.74) is 2.35. The van der Waals surface area contributed by atoms with E-state index < -0.39 is 0 Å². The van der Waals surface area contributed by atoms with Crippen LogP contribution in [0.5, 0.6) is 0 Å². The lowest BCUT2D eigenvalue weighted by molar-refractivity contribution is 0.0999. The van der Waals surface area contributed by atoms with Gasteiger partial charge in [0.15, 0.2) is 5.78 Å². The standard InChI is InChI=1S/C12H9BrN2O/c1-7-12(11(16)4-5-14)9-6-8(13)2-3-10(9)15-7/h2-3,6,15H,4H2,1H3. The number of benzene rings is 1. The van der Waals surface area contributed by atoms with Crippen molar-refractivity contribution in [3.05, 3.63) is 33.9 Å². The monoisotopic (exact) mass is 276 g/mol. The average molecular weight is 277 g/mol. The van der Waals surface area contributed by atoms with Gasteiger partial charge >= 0.3 is 0 Å². The van der Waals surface area contributed by atoms with Crippen LogP contribution in [0.15, 0.2) is 22.7 Å². The van der Waals surface area contributed by atoms with Crippen molar-refractivity contribution in [2.45, 2.75) is 13.3 Å². The molecule has 0 unspecified atom stereocenters. The summed E-state index contributed by atoms with van der Waals surface area (Å²) in [5.74, 6) is -0.135. The molecule has 2 aromatic rings. The van der Waals surface area contributed by atoms with Crippen LogP contribution in [0.1, 0.15) is 22.5 Å². The molecule has 3 nitrogen and oxygen atoms in total. The zero-order chi connectivity index (χ0) is 11.7. The number of H-pyrrole nitrogens is 1. The molecule has 1 heterocycles. The Bertz CT molecular complexity index is 607. The second-order valence-electron chi connectivity index (χ2n) is 3.57. The zero-order valence-electron chi connectivity index (χ0n) is 8.67. The van der Waals surface area contributed by atoms with E-state index in [1.54, 1.807) is 0 Å². The smallest absolute Gasteiger partial charge is 0.179 e. The highest BCUT2D eigenvalue weighted by Gasteiger charge is 2.15. The largest absolute Gasteiger partial charge is 0.358 e. The van der Waals surface area contributed by atoms with Gasteiger partial charge in [-0.05, 0) is 25.1 Å². The van der Waals surface area contributed by atoms with E-state index in [9.17, 15) is 4.79 Å². The van der Waals surface area contributed by atoms with Crippen molar-refractivity contribution < 1.29 is 4.79 Å². The van der Waals surface area contributed by atoms with E-state index >= 15 is 0 Å². The molecule has 2 rings (SSSR count). The van der Waals surface area contributed by atoms with Gasteiger partial charge in [-0.2, -0.15) is 5.26 Å². The normalized spacial score (nSPS) is 10.3. The van der Waals surface area contributed by atoms with Gasteiger partial charge in [0.05, 0.1) is 12.5 Å². The third-order valence-electron chi connectivity index (χ3n) is 2.47. The fourth-order valence-corrected chi connectivity index (χ4v) is 2.18. The molecule has 0 atom stereocenters. The molecule has 80 valence electrons. The number of carbonyl (C=O) groups is 1. The van der Waals surface area contributed by atoms with Crippen molar-refractivity contribution in [1.29, 1.82) is 5.26 Å². The number of nitrogens with zero attached hydrogens (tertiary/aromatic N) is 1. The van der Waals surface area contributed by atoms with E-state index in [-0.39, 0.29) is 12.2 Å². The number of nitriles is 1. The first-order chi connectivity index (χ1) is 7.63. The molecule has 0 aliphatic carbocycles. The average Bonchev–Trinajstić information content (AvgIpc) is 2.53. The van der Waals surface area contributed by atoms with Gasteiger partial charge < -0.3 is 4.98 Å². The third kappa shape index (κ3) is 1.74. The maximum Gasteiger partial charge on any atom is 0.179 e. The minimum Gasteiger partial charge on any atom is -0.358 e. The molecular formula is C12H9BrN2O. The van der Waals surface area contributed by atoms with Crippen LogP contribution < -0.4 is 0 Å². The van der Waals surface area contributed by atoms with Crippen LogP contribution in [0.4, 0.5) is 0 Å². The molecule has 0 aliphatic heterocycles. The third-order valence-corrected chi connectivity index (χ3v) is 2.96. The molecule has 16 heavy (non-hydrogen) atoms. The van der Waals surface area contributed by atoms with Gasteiger partial charge in [-0.3, -0.25) is 4.79 Å². The van der Waals surface area contributed by atoms with Gasteiger partial charge in [-0.25, -0.2) is 0 Å². The molecule has 0 radical (unpaired) electrons. The molecule has 0 aliphatic rings. The molecule has 0 amide bonds. The van der Waals surface area contributed by atoms with E-state index in [1.807, 2.05) is 31.2 Å². The maximum absolute atomic E-state index is 11.8. The zero-order valence-corrected chi connectivity index (χ0v) is 10.3. The fourth-order valence-electron chi connectivity index (χ4n) is 1.82. The summed E-state index contributed by atoms with van der Waals surface area (Å²) in [4.78, 5) is 14.9. The number of rotatable bonds is 2. The maximum atomic E-state index is 11.8. The Morgan fingerprint density at radius 2 is 2.31 bits per heavy atom. The first kappa shape index (κ1) is 10.9. The van der Waals surface area contributed by atoms with Gasteiger partial charge in [0.2, 0.25) is 0 Å². The number of carbonyl (C=O) groups excluding carboxylic acids is 1. The Morgan fingerprint density at radius 3 is 3.00 bits per heavy atom. The summed E-state index contributed by atoms with van der Waals surface area (Å²) >= 11 is 3.37. The van der Waals surface area contributed by atoms with Crippen molar-refractivity contribution in [2.24, 2.45) is 0 Å². The lowest BCUT2D eigenvalue weighted by Crippen LogP contribution is -1.98. The first-order valence-electron chi connectivity index (χ1n) is 4.81. The number of fused-ring (bicyclic) bond motifs is 1. The van der Waals surface area contributed by atoms with Crippen LogP contribution in [-0.2, 0) is 0 Å². The molecular weight excluding hydrogens is 268 g/mol. The van der Waals surface area contributed by atoms with E-state index in [0.29, 0.717) is 5.56 Å². The minimum atomic E-state index is -0.135. The highest BCUT2D eigenvalue weighted by molar-refractivity contribution is 9.10. The molecule has 0 bridgehead atoms. The molecule has 0 saturated heterocycles. The SMILES string of the molecule is Cc1[nH]c2ccc(Br)cc2c1C(=O)CC#N. The first-order valence-corrected chi connectivity index (χ1v) is 5.60. The van der Waals surface area contributed by atoms with Crippen LogP contribution in [0.25, 0.3) is 10.9 Å². The number of aryl methyl sites for hydroxylation is 1. The summed E-state index contributed by atoms with van der Waals surface area (Å²) in [6, 6.07) is 7.61. The van der Waals surface area contributed by atoms with E-state index in [1.165, 1.54) is 0 Å². The molecule has 1 aromatic heterocycles. The topological polar surface area (TPSA) is 56.6 Å². The molecule has 0 saturated carbocycles.